The number of carbonyl (C=O) groups is 2. The zero-order valence-electron chi connectivity index (χ0n) is 10.7. The van der Waals surface area contributed by atoms with Crippen molar-refractivity contribution in [2.45, 2.75) is 26.7 Å². The van der Waals surface area contributed by atoms with Gasteiger partial charge in [-0.1, -0.05) is 13.8 Å². The van der Waals surface area contributed by atoms with E-state index in [-0.39, 0.29) is 19.4 Å². The van der Waals surface area contributed by atoms with Gasteiger partial charge < -0.3 is 10.4 Å². The fraction of sp³-hybridized carbons (Fsp3) is 0.800. The largest absolute Gasteiger partial charge is 0.481 e. The van der Waals surface area contributed by atoms with Crippen LogP contribution in [0.5, 0.6) is 0 Å². The molecule has 0 aliphatic heterocycles. The minimum absolute atomic E-state index is 0.0525. The lowest BCUT2D eigenvalue weighted by atomic mass is 10.3. The van der Waals surface area contributed by atoms with Crippen LogP contribution in [-0.2, 0) is 19.6 Å². The normalized spacial score (nSPS) is 11.5. The average molecular weight is 280 g/mol. The van der Waals surface area contributed by atoms with E-state index in [1.165, 1.54) is 4.31 Å². The van der Waals surface area contributed by atoms with Crippen molar-refractivity contribution in [2.24, 2.45) is 0 Å². The van der Waals surface area contributed by atoms with E-state index in [9.17, 15) is 18.0 Å². The molecular formula is C10H20N2O5S. The van der Waals surface area contributed by atoms with Gasteiger partial charge in [-0.15, -0.1) is 0 Å². The van der Waals surface area contributed by atoms with E-state index in [1.807, 2.05) is 0 Å². The standard InChI is InChI=1S/C10H20N2O5S/c1-3-12(4-2)18(16,17)8-9(13)11-7-5-6-10(14)15/h3-8H2,1-2H3,(H,11,13)(H,14,15). The van der Waals surface area contributed by atoms with Crippen LogP contribution in [0.3, 0.4) is 0 Å². The first kappa shape index (κ1) is 16.9. The SMILES string of the molecule is CCN(CC)S(=O)(=O)CC(=O)NCCCC(=O)O. The molecule has 0 fully saturated rings. The summed E-state index contributed by atoms with van der Waals surface area (Å²) < 4.78 is 24.6. The molecule has 0 saturated heterocycles. The lowest BCUT2D eigenvalue weighted by Gasteiger charge is -2.17. The van der Waals surface area contributed by atoms with Gasteiger partial charge in [0.1, 0.15) is 5.75 Å². The molecule has 1 amide bonds. The molecule has 8 heteroatoms. The minimum Gasteiger partial charge on any atom is -0.481 e. The Balaban J connectivity index is 4.11. The van der Waals surface area contributed by atoms with E-state index >= 15 is 0 Å². The molecule has 0 saturated carbocycles. The fourth-order valence-corrected chi connectivity index (χ4v) is 2.80. The minimum atomic E-state index is -3.57. The van der Waals surface area contributed by atoms with Crippen molar-refractivity contribution < 1.29 is 23.1 Å². The Hall–Kier alpha value is -1.15. The third kappa shape index (κ3) is 6.55. The lowest BCUT2D eigenvalue weighted by Crippen LogP contribution is -2.39. The third-order valence-corrected chi connectivity index (χ3v) is 4.23. The number of amides is 1. The number of nitrogens with one attached hydrogen (secondary N) is 1. The summed E-state index contributed by atoms with van der Waals surface area (Å²) in [4.78, 5) is 21.6. The zero-order chi connectivity index (χ0) is 14.2. The van der Waals surface area contributed by atoms with E-state index in [4.69, 9.17) is 5.11 Å². The fourth-order valence-electron chi connectivity index (χ4n) is 1.39. The molecule has 0 spiro atoms. The van der Waals surface area contributed by atoms with Crippen LogP contribution in [0.1, 0.15) is 26.7 Å². The smallest absolute Gasteiger partial charge is 0.303 e. The maximum atomic E-state index is 11.7. The number of aliphatic carboxylic acids is 1. The van der Waals surface area contributed by atoms with Gasteiger partial charge in [0.2, 0.25) is 15.9 Å². The quantitative estimate of drug-likeness (QED) is 0.561. The summed E-state index contributed by atoms with van der Waals surface area (Å²) in [6.07, 6.45) is 0.232. The van der Waals surface area contributed by atoms with Gasteiger partial charge in [0.25, 0.3) is 0 Å². The Morgan fingerprint density at radius 2 is 1.78 bits per heavy atom. The second-order valence-electron chi connectivity index (χ2n) is 3.69. The Bertz CT molecular complexity index is 376. The van der Waals surface area contributed by atoms with Gasteiger partial charge in [0.15, 0.2) is 0 Å². The van der Waals surface area contributed by atoms with E-state index in [2.05, 4.69) is 5.32 Å². The number of rotatable bonds is 9. The van der Waals surface area contributed by atoms with Crippen molar-refractivity contribution >= 4 is 21.9 Å². The molecule has 0 radical (unpaired) electrons. The molecule has 0 aromatic heterocycles. The van der Waals surface area contributed by atoms with Crippen LogP contribution in [0.15, 0.2) is 0 Å². The summed E-state index contributed by atoms with van der Waals surface area (Å²) >= 11 is 0. The average Bonchev–Trinajstić information content (AvgIpc) is 2.24. The highest BCUT2D eigenvalue weighted by Gasteiger charge is 2.22. The van der Waals surface area contributed by atoms with Crippen molar-refractivity contribution in [1.29, 1.82) is 0 Å². The molecule has 0 rings (SSSR count). The van der Waals surface area contributed by atoms with Crippen LogP contribution in [0.2, 0.25) is 0 Å². The highest BCUT2D eigenvalue weighted by Crippen LogP contribution is 2.00. The highest BCUT2D eigenvalue weighted by molar-refractivity contribution is 7.89. The van der Waals surface area contributed by atoms with Crippen LogP contribution in [0.25, 0.3) is 0 Å². The molecule has 0 aromatic rings. The summed E-state index contributed by atoms with van der Waals surface area (Å²) in [5.41, 5.74) is 0. The zero-order valence-corrected chi connectivity index (χ0v) is 11.5. The van der Waals surface area contributed by atoms with Crippen molar-refractivity contribution in [2.75, 3.05) is 25.4 Å². The second kappa shape index (κ2) is 8.04. The van der Waals surface area contributed by atoms with Gasteiger partial charge in [-0.05, 0) is 6.42 Å². The number of carboxylic acid groups (broad SMARTS) is 1. The Kier molecular flexibility index (Phi) is 7.53. The Morgan fingerprint density at radius 3 is 2.22 bits per heavy atom. The second-order valence-corrected chi connectivity index (χ2v) is 5.66. The van der Waals surface area contributed by atoms with Gasteiger partial charge in [-0.3, -0.25) is 9.59 Å². The lowest BCUT2D eigenvalue weighted by molar-refractivity contribution is -0.137. The van der Waals surface area contributed by atoms with Crippen molar-refractivity contribution in [3.05, 3.63) is 0 Å². The summed E-state index contributed by atoms with van der Waals surface area (Å²) in [7, 11) is -3.57. The van der Waals surface area contributed by atoms with E-state index < -0.39 is 27.7 Å². The van der Waals surface area contributed by atoms with Crippen molar-refractivity contribution in [3.8, 4) is 0 Å². The summed E-state index contributed by atoms with van der Waals surface area (Å²) in [6.45, 7) is 4.22. The van der Waals surface area contributed by atoms with Gasteiger partial charge >= 0.3 is 5.97 Å². The maximum absolute atomic E-state index is 11.7. The molecule has 0 atom stereocenters. The first-order valence-corrected chi connectivity index (χ1v) is 7.40. The van der Waals surface area contributed by atoms with Gasteiger partial charge in [-0.2, -0.15) is 0 Å². The predicted octanol–water partition coefficient (Wildman–Crippen LogP) is -0.361. The number of hydrogen-bond acceptors (Lipinski definition) is 4. The number of carboxylic acids is 1. The highest BCUT2D eigenvalue weighted by atomic mass is 32.2. The first-order valence-electron chi connectivity index (χ1n) is 5.79. The van der Waals surface area contributed by atoms with E-state index in [1.54, 1.807) is 13.8 Å². The maximum Gasteiger partial charge on any atom is 0.303 e. The summed E-state index contributed by atoms with van der Waals surface area (Å²) in [5, 5.41) is 10.8. The van der Waals surface area contributed by atoms with Gasteiger partial charge in [0.05, 0.1) is 0 Å². The number of sulfonamides is 1. The molecule has 0 aliphatic carbocycles. The van der Waals surface area contributed by atoms with E-state index in [0.717, 1.165) is 0 Å². The third-order valence-electron chi connectivity index (χ3n) is 2.30. The molecule has 7 nitrogen and oxygen atoms in total. The topological polar surface area (TPSA) is 104 Å². The van der Waals surface area contributed by atoms with Crippen LogP contribution >= 0.6 is 0 Å². The Labute approximate surface area is 107 Å². The van der Waals surface area contributed by atoms with Crippen molar-refractivity contribution in [1.82, 2.24) is 9.62 Å². The molecule has 0 unspecified atom stereocenters. The molecule has 106 valence electrons. The molecule has 2 N–H and O–H groups in total. The molecule has 18 heavy (non-hydrogen) atoms. The molecular weight excluding hydrogens is 260 g/mol. The predicted molar refractivity (Wildman–Crippen MR) is 66.6 cm³/mol. The number of nitrogens with zero attached hydrogens (tertiary/aromatic N) is 1. The Morgan fingerprint density at radius 1 is 1.22 bits per heavy atom. The molecule has 0 heterocycles. The number of carbonyl (C=O) groups excluding carboxylic acids is 1. The molecule has 0 bridgehead atoms. The summed E-state index contributed by atoms with van der Waals surface area (Å²) in [6, 6.07) is 0. The van der Waals surface area contributed by atoms with Crippen LogP contribution in [-0.4, -0.2) is 55.1 Å². The van der Waals surface area contributed by atoms with Gasteiger partial charge in [-0.25, -0.2) is 12.7 Å². The molecule has 0 aromatic carbocycles. The van der Waals surface area contributed by atoms with E-state index in [0.29, 0.717) is 13.1 Å². The summed E-state index contributed by atoms with van der Waals surface area (Å²) in [5.74, 6) is -2.14. The van der Waals surface area contributed by atoms with Crippen LogP contribution in [0.4, 0.5) is 0 Å². The number of hydrogen-bond donors (Lipinski definition) is 2. The first-order chi connectivity index (χ1) is 8.33. The van der Waals surface area contributed by atoms with Crippen molar-refractivity contribution in [3.63, 3.8) is 0 Å². The van der Waals surface area contributed by atoms with Crippen LogP contribution < -0.4 is 5.32 Å². The molecule has 0 aliphatic rings. The monoisotopic (exact) mass is 280 g/mol. The van der Waals surface area contributed by atoms with Crippen LogP contribution in [0, 0.1) is 0 Å². The van der Waals surface area contributed by atoms with Gasteiger partial charge in [0, 0.05) is 26.1 Å².